The number of nitrogen functional groups attached to an aromatic ring is 1. The molecule has 0 aliphatic carbocycles. The second kappa shape index (κ2) is 8.76. The van der Waals surface area contributed by atoms with Gasteiger partial charge in [0.2, 0.25) is 0 Å². The molecule has 0 saturated heterocycles. The Balaban J connectivity index is 2.87. The van der Waals surface area contributed by atoms with E-state index in [4.69, 9.17) is 10.6 Å². The van der Waals surface area contributed by atoms with Crippen molar-refractivity contribution in [1.82, 2.24) is 14.9 Å². The van der Waals surface area contributed by atoms with Crippen molar-refractivity contribution >= 4 is 11.6 Å². The quantitative estimate of drug-likeness (QED) is 0.467. The Bertz CT molecular complexity index is 414. The number of nitrogens with zero attached hydrogens (tertiary/aromatic N) is 3. The van der Waals surface area contributed by atoms with Gasteiger partial charge in [-0.05, 0) is 26.4 Å². The highest BCUT2D eigenvalue weighted by atomic mass is 16.5. The summed E-state index contributed by atoms with van der Waals surface area (Å²) in [7, 11) is 5.75. The Morgan fingerprint density at radius 1 is 1.29 bits per heavy atom. The lowest BCUT2D eigenvalue weighted by Crippen LogP contribution is -2.34. The lowest BCUT2D eigenvalue weighted by molar-refractivity contribution is 0.178. The minimum atomic E-state index is 0.316. The first kappa shape index (κ1) is 17.6. The van der Waals surface area contributed by atoms with Gasteiger partial charge in [-0.15, -0.1) is 0 Å². The molecule has 1 rings (SSSR count). The van der Waals surface area contributed by atoms with E-state index in [-0.39, 0.29) is 0 Å². The Labute approximate surface area is 127 Å². The molecule has 0 aliphatic heterocycles. The zero-order valence-electron chi connectivity index (χ0n) is 13.7. The van der Waals surface area contributed by atoms with Crippen molar-refractivity contribution in [3.8, 4) is 0 Å². The van der Waals surface area contributed by atoms with E-state index in [1.807, 2.05) is 6.07 Å². The number of hydrogen-bond donors (Lipinski definition) is 3. The third-order valence-corrected chi connectivity index (χ3v) is 2.89. The maximum atomic E-state index is 5.46. The van der Waals surface area contributed by atoms with Crippen LogP contribution in [0.15, 0.2) is 6.07 Å². The van der Waals surface area contributed by atoms with Gasteiger partial charge < -0.3 is 20.4 Å². The minimum absolute atomic E-state index is 0.316. The average Bonchev–Trinajstić information content (AvgIpc) is 2.37. The van der Waals surface area contributed by atoms with Crippen LogP contribution in [-0.4, -0.2) is 48.7 Å². The normalized spacial score (nSPS) is 12.8. The van der Waals surface area contributed by atoms with E-state index in [2.05, 4.69) is 53.6 Å². The monoisotopic (exact) mass is 296 g/mol. The second-order valence-electron chi connectivity index (χ2n) is 5.87. The third-order valence-electron chi connectivity index (χ3n) is 2.89. The predicted octanol–water partition coefficient (Wildman–Crippen LogP) is 1.30. The van der Waals surface area contributed by atoms with Crippen molar-refractivity contribution in [3.05, 3.63) is 11.9 Å². The number of likely N-dealkylation sites (N-methyl/N-ethyl adjacent to an activating group) is 1. The van der Waals surface area contributed by atoms with E-state index in [9.17, 15) is 0 Å². The Morgan fingerprint density at radius 2 is 1.95 bits per heavy atom. The van der Waals surface area contributed by atoms with E-state index in [1.54, 1.807) is 7.11 Å². The number of ether oxygens (including phenoxy) is 1. The zero-order valence-corrected chi connectivity index (χ0v) is 13.7. The number of nitrogens with two attached hydrogens (primary N) is 1. The van der Waals surface area contributed by atoms with Gasteiger partial charge in [-0.2, -0.15) is 0 Å². The Morgan fingerprint density at radius 3 is 2.48 bits per heavy atom. The minimum Gasteiger partial charge on any atom is -0.377 e. The SMILES string of the molecule is COCc1nc(NN)cc(NC(CC(C)C)CN(C)C)n1. The largest absolute Gasteiger partial charge is 0.377 e. The fourth-order valence-electron chi connectivity index (χ4n) is 2.24. The van der Waals surface area contributed by atoms with E-state index in [1.165, 1.54) is 0 Å². The van der Waals surface area contributed by atoms with Gasteiger partial charge >= 0.3 is 0 Å². The number of aromatic nitrogens is 2. The number of nitrogens with one attached hydrogen (secondary N) is 2. The van der Waals surface area contributed by atoms with Crippen LogP contribution < -0.4 is 16.6 Å². The summed E-state index contributed by atoms with van der Waals surface area (Å²) < 4.78 is 5.09. The summed E-state index contributed by atoms with van der Waals surface area (Å²) in [5.74, 6) is 8.00. The van der Waals surface area contributed by atoms with Gasteiger partial charge in [0, 0.05) is 25.8 Å². The number of hydrazine groups is 1. The van der Waals surface area contributed by atoms with Gasteiger partial charge in [-0.25, -0.2) is 15.8 Å². The first-order valence-electron chi connectivity index (χ1n) is 7.19. The smallest absolute Gasteiger partial charge is 0.158 e. The van der Waals surface area contributed by atoms with Crippen LogP contribution in [0.25, 0.3) is 0 Å². The maximum Gasteiger partial charge on any atom is 0.158 e. The summed E-state index contributed by atoms with van der Waals surface area (Å²) in [5.41, 5.74) is 2.56. The number of hydrogen-bond acceptors (Lipinski definition) is 7. The number of rotatable bonds is 9. The molecule has 0 spiro atoms. The standard InChI is InChI=1S/C14H28N6O/c1-10(2)6-11(8-20(3)4)16-12-7-13(19-15)18-14(17-12)9-21-5/h7,10-11H,6,8-9,15H2,1-5H3,(H2,16,17,18,19). The molecule has 1 atom stereocenters. The van der Waals surface area contributed by atoms with Gasteiger partial charge in [-0.1, -0.05) is 13.8 Å². The van der Waals surface area contributed by atoms with Gasteiger partial charge in [-0.3, -0.25) is 0 Å². The third kappa shape index (κ3) is 6.70. The lowest BCUT2D eigenvalue weighted by atomic mass is 10.0. The summed E-state index contributed by atoms with van der Waals surface area (Å²) in [6, 6.07) is 2.12. The van der Waals surface area contributed by atoms with E-state index >= 15 is 0 Å². The number of methoxy groups -OCH3 is 1. The highest BCUT2D eigenvalue weighted by Crippen LogP contribution is 2.15. The molecule has 0 fully saturated rings. The van der Waals surface area contributed by atoms with Gasteiger partial charge in [0.1, 0.15) is 18.2 Å². The molecule has 1 heterocycles. The summed E-state index contributed by atoms with van der Waals surface area (Å²) in [5, 5.41) is 3.47. The fraction of sp³-hybridized carbons (Fsp3) is 0.714. The molecule has 0 aromatic carbocycles. The van der Waals surface area contributed by atoms with E-state index in [0.29, 0.717) is 30.2 Å². The number of anilines is 2. The molecule has 0 saturated carbocycles. The van der Waals surface area contributed by atoms with Crippen molar-refractivity contribution < 1.29 is 4.74 Å². The average molecular weight is 296 g/mol. The summed E-state index contributed by atoms with van der Waals surface area (Å²) in [6.07, 6.45) is 1.06. The highest BCUT2D eigenvalue weighted by molar-refractivity contribution is 5.47. The van der Waals surface area contributed by atoms with Crippen molar-refractivity contribution in [2.45, 2.75) is 32.9 Å². The molecular weight excluding hydrogens is 268 g/mol. The van der Waals surface area contributed by atoms with Gasteiger partial charge in [0.25, 0.3) is 0 Å². The van der Waals surface area contributed by atoms with Crippen LogP contribution in [0.1, 0.15) is 26.1 Å². The van der Waals surface area contributed by atoms with Crippen LogP contribution in [0, 0.1) is 5.92 Å². The van der Waals surface area contributed by atoms with Crippen LogP contribution in [0.3, 0.4) is 0 Å². The molecule has 120 valence electrons. The van der Waals surface area contributed by atoms with Crippen molar-refractivity contribution in [2.24, 2.45) is 11.8 Å². The molecule has 1 aromatic rings. The van der Waals surface area contributed by atoms with E-state index in [0.717, 1.165) is 18.8 Å². The summed E-state index contributed by atoms with van der Waals surface area (Å²) >= 11 is 0. The second-order valence-corrected chi connectivity index (χ2v) is 5.87. The molecule has 1 aromatic heterocycles. The Kier molecular flexibility index (Phi) is 7.35. The van der Waals surface area contributed by atoms with Crippen LogP contribution >= 0.6 is 0 Å². The van der Waals surface area contributed by atoms with Crippen LogP contribution in [0.4, 0.5) is 11.6 Å². The maximum absolute atomic E-state index is 5.46. The van der Waals surface area contributed by atoms with Crippen molar-refractivity contribution in [2.75, 3.05) is 38.5 Å². The first-order valence-corrected chi connectivity index (χ1v) is 7.19. The zero-order chi connectivity index (χ0) is 15.8. The summed E-state index contributed by atoms with van der Waals surface area (Å²) in [4.78, 5) is 10.9. The molecule has 0 bridgehead atoms. The molecule has 0 aliphatic rings. The molecule has 1 unspecified atom stereocenters. The summed E-state index contributed by atoms with van der Waals surface area (Å²) in [6.45, 7) is 5.72. The van der Waals surface area contributed by atoms with Gasteiger partial charge in [0.05, 0.1) is 0 Å². The van der Waals surface area contributed by atoms with Crippen LogP contribution in [-0.2, 0) is 11.3 Å². The lowest BCUT2D eigenvalue weighted by Gasteiger charge is -2.24. The molecule has 4 N–H and O–H groups in total. The van der Waals surface area contributed by atoms with Crippen molar-refractivity contribution in [3.63, 3.8) is 0 Å². The molecule has 0 radical (unpaired) electrons. The fourth-order valence-corrected chi connectivity index (χ4v) is 2.24. The topological polar surface area (TPSA) is 88.3 Å². The van der Waals surface area contributed by atoms with Crippen LogP contribution in [0.5, 0.6) is 0 Å². The molecule has 7 heteroatoms. The van der Waals surface area contributed by atoms with Gasteiger partial charge in [0.15, 0.2) is 5.82 Å². The Hall–Kier alpha value is -1.44. The van der Waals surface area contributed by atoms with E-state index < -0.39 is 0 Å². The predicted molar refractivity (Wildman–Crippen MR) is 86.0 cm³/mol. The van der Waals surface area contributed by atoms with Crippen LogP contribution in [0.2, 0.25) is 0 Å². The highest BCUT2D eigenvalue weighted by Gasteiger charge is 2.14. The molecular formula is C14H28N6O. The molecule has 7 nitrogen and oxygen atoms in total. The molecule has 21 heavy (non-hydrogen) atoms. The molecule has 0 amide bonds. The first-order chi connectivity index (χ1) is 9.94. The van der Waals surface area contributed by atoms with Crippen molar-refractivity contribution in [1.29, 1.82) is 0 Å².